The maximum atomic E-state index is 13.2. The van der Waals surface area contributed by atoms with Crippen LogP contribution in [0.3, 0.4) is 0 Å². The highest BCUT2D eigenvalue weighted by Crippen LogP contribution is 2.30. The SMILES string of the molecule is O=C(Nc1cccc(C(=O)c2ccc3nc(C4COCCN4)cnc3c2)c1)Nc1cccc(C(F)(F)F)c1. The van der Waals surface area contributed by atoms with Crippen LogP contribution in [0, 0.1) is 0 Å². The molecule has 1 atom stereocenters. The number of anilines is 2. The first kappa shape index (κ1) is 25.3. The predicted octanol–water partition coefficient (Wildman–Crippen LogP) is 5.18. The quantitative estimate of drug-likeness (QED) is 0.313. The number of morpholine rings is 1. The second kappa shape index (κ2) is 10.6. The Hall–Kier alpha value is -4.35. The number of fused-ring (bicyclic) bond motifs is 1. The number of urea groups is 1. The number of ether oxygens (including phenoxy) is 1. The van der Waals surface area contributed by atoms with Gasteiger partial charge in [0, 0.05) is 29.0 Å². The van der Waals surface area contributed by atoms with Gasteiger partial charge in [0.05, 0.1) is 47.7 Å². The molecule has 8 nitrogen and oxygen atoms in total. The van der Waals surface area contributed by atoms with Crippen LogP contribution in [0.4, 0.5) is 29.3 Å². The van der Waals surface area contributed by atoms with Crippen molar-refractivity contribution in [3.8, 4) is 0 Å². The second-order valence-corrected chi connectivity index (χ2v) is 8.65. The molecule has 0 bridgehead atoms. The fraction of sp³-hybridized carbons (Fsp3) is 0.185. The van der Waals surface area contributed by atoms with E-state index in [1.165, 1.54) is 18.2 Å². The Morgan fingerprint density at radius 1 is 0.921 bits per heavy atom. The zero-order valence-electron chi connectivity index (χ0n) is 19.9. The number of hydrogen-bond donors (Lipinski definition) is 3. The molecule has 0 radical (unpaired) electrons. The molecule has 1 saturated heterocycles. The smallest absolute Gasteiger partial charge is 0.378 e. The van der Waals surface area contributed by atoms with Crippen LogP contribution in [0.15, 0.2) is 72.9 Å². The molecule has 11 heteroatoms. The molecule has 1 aliphatic heterocycles. The Bertz CT molecular complexity index is 1500. The molecule has 0 saturated carbocycles. The normalized spacial score (nSPS) is 15.7. The lowest BCUT2D eigenvalue weighted by Gasteiger charge is -2.23. The van der Waals surface area contributed by atoms with E-state index in [2.05, 4.69) is 25.9 Å². The number of ketones is 1. The third kappa shape index (κ3) is 5.79. The number of rotatable bonds is 5. The summed E-state index contributed by atoms with van der Waals surface area (Å²) in [6.45, 7) is 1.90. The minimum Gasteiger partial charge on any atom is -0.378 e. The summed E-state index contributed by atoms with van der Waals surface area (Å²) in [5, 5.41) is 8.24. The van der Waals surface area contributed by atoms with Gasteiger partial charge in [0.1, 0.15) is 0 Å². The minimum absolute atomic E-state index is 0.0169. The van der Waals surface area contributed by atoms with Crippen molar-refractivity contribution in [2.24, 2.45) is 0 Å². The number of carbonyl (C=O) groups excluding carboxylic acids is 2. The number of alkyl halides is 3. The maximum Gasteiger partial charge on any atom is 0.416 e. The number of benzene rings is 3. The average Bonchev–Trinajstić information content (AvgIpc) is 2.92. The Labute approximate surface area is 215 Å². The lowest BCUT2D eigenvalue weighted by molar-refractivity contribution is -0.137. The van der Waals surface area contributed by atoms with Gasteiger partial charge in [-0.05, 0) is 48.5 Å². The van der Waals surface area contributed by atoms with Crippen molar-refractivity contribution in [3.63, 3.8) is 0 Å². The van der Waals surface area contributed by atoms with Gasteiger partial charge in [0.25, 0.3) is 0 Å². The molecule has 1 unspecified atom stereocenters. The van der Waals surface area contributed by atoms with Crippen LogP contribution in [0.1, 0.15) is 33.2 Å². The molecule has 3 N–H and O–H groups in total. The van der Waals surface area contributed by atoms with E-state index in [1.54, 1.807) is 42.6 Å². The van der Waals surface area contributed by atoms with Gasteiger partial charge in [-0.25, -0.2) is 9.78 Å². The van der Waals surface area contributed by atoms with Crippen LogP contribution in [-0.4, -0.2) is 41.5 Å². The summed E-state index contributed by atoms with van der Waals surface area (Å²) in [5.41, 5.74) is 2.08. The van der Waals surface area contributed by atoms with Crippen LogP contribution in [-0.2, 0) is 10.9 Å². The Morgan fingerprint density at radius 3 is 2.39 bits per heavy atom. The number of nitrogens with zero attached hydrogens (tertiary/aromatic N) is 2. The van der Waals surface area contributed by atoms with E-state index >= 15 is 0 Å². The van der Waals surface area contributed by atoms with E-state index in [4.69, 9.17) is 4.74 Å². The maximum absolute atomic E-state index is 13.2. The summed E-state index contributed by atoms with van der Waals surface area (Å²) < 4.78 is 44.2. The standard InChI is InChI=1S/C27H22F3N5O3/c28-27(29,30)18-4-2-6-20(13-18)34-26(37)33-19-5-1-3-16(11-19)25(36)17-7-8-21-22(12-17)32-14-23(35-21)24-15-38-10-9-31-24/h1-8,11-14,24,31H,9-10,15H2,(H2,33,34,37). The van der Waals surface area contributed by atoms with Crippen molar-refractivity contribution in [1.82, 2.24) is 15.3 Å². The number of carbonyl (C=O) groups is 2. The molecule has 0 spiro atoms. The summed E-state index contributed by atoms with van der Waals surface area (Å²) in [5.74, 6) is -0.290. The van der Waals surface area contributed by atoms with Crippen molar-refractivity contribution in [3.05, 3.63) is 95.3 Å². The van der Waals surface area contributed by atoms with E-state index in [1.807, 2.05) is 0 Å². The number of nitrogens with one attached hydrogen (secondary N) is 3. The molecule has 1 aromatic heterocycles. The van der Waals surface area contributed by atoms with Crippen molar-refractivity contribution in [1.29, 1.82) is 0 Å². The van der Waals surface area contributed by atoms with Gasteiger partial charge in [-0.3, -0.25) is 9.78 Å². The van der Waals surface area contributed by atoms with Gasteiger partial charge in [-0.2, -0.15) is 13.2 Å². The highest BCUT2D eigenvalue weighted by Gasteiger charge is 2.30. The molecule has 2 amide bonds. The van der Waals surface area contributed by atoms with Gasteiger partial charge in [-0.15, -0.1) is 0 Å². The van der Waals surface area contributed by atoms with Crippen molar-refractivity contribution >= 4 is 34.2 Å². The molecular formula is C27H22F3N5O3. The summed E-state index contributed by atoms with van der Waals surface area (Å²) in [6.07, 6.45) is -2.86. The van der Waals surface area contributed by atoms with Gasteiger partial charge in [-0.1, -0.05) is 18.2 Å². The molecule has 5 rings (SSSR count). The van der Waals surface area contributed by atoms with E-state index in [-0.39, 0.29) is 17.5 Å². The third-order valence-corrected chi connectivity index (χ3v) is 5.93. The largest absolute Gasteiger partial charge is 0.416 e. The summed E-state index contributed by atoms with van der Waals surface area (Å²) in [4.78, 5) is 34.6. The average molecular weight is 521 g/mol. The highest BCUT2D eigenvalue weighted by molar-refractivity contribution is 6.11. The molecule has 1 aliphatic rings. The number of halogens is 3. The van der Waals surface area contributed by atoms with E-state index < -0.39 is 17.8 Å². The van der Waals surface area contributed by atoms with Gasteiger partial charge in [0.15, 0.2) is 5.78 Å². The first-order chi connectivity index (χ1) is 18.3. The number of amides is 2. The lowest BCUT2D eigenvalue weighted by Crippen LogP contribution is -2.35. The van der Waals surface area contributed by atoms with E-state index in [0.29, 0.717) is 41.1 Å². The third-order valence-electron chi connectivity index (χ3n) is 5.93. The van der Waals surface area contributed by atoms with E-state index in [0.717, 1.165) is 24.4 Å². The van der Waals surface area contributed by atoms with E-state index in [9.17, 15) is 22.8 Å². The summed E-state index contributed by atoms with van der Waals surface area (Å²) >= 11 is 0. The molecule has 1 fully saturated rings. The van der Waals surface area contributed by atoms with Crippen LogP contribution >= 0.6 is 0 Å². The van der Waals surface area contributed by atoms with Gasteiger partial charge < -0.3 is 20.7 Å². The topological polar surface area (TPSA) is 105 Å². The van der Waals surface area contributed by atoms with Crippen molar-refractivity contribution in [2.45, 2.75) is 12.2 Å². The monoisotopic (exact) mass is 521 g/mol. The molecule has 194 valence electrons. The summed E-state index contributed by atoms with van der Waals surface area (Å²) in [7, 11) is 0. The highest BCUT2D eigenvalue weighted by atomic mass is 19.4. The van der Waals surface area contributed by atoms with Crippen molar-refractivity contribution < 1.29 is 27.5 Å². The predicted molar refractivity (Wildman–Crippen MR) is 135 cm³/mol. The zero-order chi connectivity index (χ0) is 26.7. The van der Waals surface area contributed by atoms with Crippen molar-refractivity contribution in [2.75, 3.05) is 30.4 Å². The zero-order valence-corrected chi connectivity index (χ0v) is 19.9. The summed E-state index contributed by atoms with van der Waals surface area (Å²) in [6, 6.07) is 14.8. The Balaban J connectivity index is 1.28. The van der Waals surface area contributed by atoms with Gasteiger partial charge >= 0.3 is 12.2 Å². The first-order valence-electron chi connectivity index (χ1n) is 11.7. The van der Waals surface area contributed by atoms with Gasteiger partial charge in [0.2, 0.25) is 0 Å². The molecule has 0 aliphatic carbocycles. The molecule has 4 aromatic rings. The van der Waals surface area contributed by atoms with Crippen LogP contribution < -0.4 is 16.0 Å². The fourth-order valence-corrected chi connectivity index (χ4v) is 4.06. The van der Waals surface area contributed by atoms with Crippen LogP contribution in [0.25, 0.3) is 11.0 Å². The molecular weight excluding hydrogens is 499 g/mol. The minimum atomic E-state index is -4.53. The van der Waals surface area contributed by atoms with Crippen LogP contribution in [0.5, 0.6) is 0 Å². The van der Waals surface area contributed by atoms with Crippen LogP contribution in [0.2, 0.25) is 0 Å². The Morgan fingerprint density at radius 2 is 1.66 bits per heavy atom. The fourth-order valence-electron chi connectivity index (χ4n) is 4.06. The number of aromatic nitrogens is 2. The number of hydrogen-bond acceptors (Lipinski definition) is 6. The molecule has 38 heavy (non-hydrogen) atoms. The first-order valence-corrected chi connectivity index (χ1v) is 11.7. The molecule has 3 aromatic carbocycles. The molecule has 2 heterocycles. The lowest BCUT2D eigenvalue weighted by atomic mass is 10.0. The Kier molecular flexibility index (Phi) is 7.03. The second-order valence-electron chi connectivity index (χ2n) is 8.65.